The maximum absolute atomic E-state index is 13.2. The third kappa shape index (κ3) is 9.07. The molecular formula is C112H62N12. The number of rotatable bonds is 9. The molecule has 0 amide bonds. The van der Waals surface area contributed by atoms with Gasteiger partial charge in [-0.05, 0) is 114 Å². The van der Waals surface area contributed by atoms with Crippen molar-refractivity contribution in [2.75, 3.05) is 0 Å². The van der Waals surface area contributed by atoms with Gasteiger partial charge in [0.05, 0.1) is 134 Å². The van der Waals surface area contributed by atoms with Crippen molar-refractivity contribution in [3.05, 3.63) is 398 Å². The molecular weight excluding hydrogens is 1510 g/mol. The van der Waals surface area contributed by atoms with Gasteiger partial charge >= 0.3 is 0 Å². The summed E-state index contributed by atoms with van der Waals surface area (Å²) >= 11 is 0. The van der Waals surface area contributed by atoms with E-state index in [0.29, 0.717) is 67.8 Å². The smallest absolute Gasteiger partial charge is 0.104 e. The van der Waals surface area contributed by atoms with Gasteiger partial charge in [-0.2, -0.15) is 21.0 Å². The molecule has 0 spiro atoms. The summed E-state index contributed by atoms with van der Waals surface area (Å²) in [7, 11) is 0. The molecule has 570 valence electrons. The van der Waals surface area contributed by atoms with Gasteiger partial charge in [-0.25, -0.2) is 0 Å². The van der Waals surface area contributed by atoms with Crippen molar-refractivity contribution in [1.82, 2.24) is 36.5 Å². The lowest BCUT2D eigenvalue weighted by atomic mass is 9.98. The van der Waals surface area contributed by atoms with Crippen LogP contribution in [0.25, 0.3) is 231 Å². The molecule has 0 N–H and O–H groups in total. The fraction of sp³-hybridized carbons (Fsp3) is 0. The van der Waals surface area contributed by atoms with Crippen molar-refractivity contribution >= 4 is 174 Å². The highest BCUT2D eigenvalue weighted by Crippen LogP contribution is 2.53. The van der Waals surface area contributed by atoms with E-state index in [1.54, 1.807) is 0 Å². The number of fused-ring (bicyclic) bond motifs is 24. The quantitative estimate of drug-likeness (QED) is 0.142. The Bertz CT molecular complexity index is 9150. The van der Waals surface area contributed by atoms with Crippen molar-refractivity contribution in [2.45, 2.75) is 0 Å². The number of nitriles is 4. The highest BCUT2D eigenvalue weighted by molar-refractivity contribution is 6.20. The van der Waals surface area contributed by atoms with Crippen LogP contribution in [0.5, 0.6) is 0 Å². The van der Waals surface area contributed by atoms with E-state index in [1.165, 1.54) is 0 Å². The number of hydrogen-bond donors (Lipinski definition) is 0. The van der Waals surface area contributed by atoms with Gasteiger partial charge < -0.3 is 36.5 Å². The minimum atomic E-state index is 0.299. The van der Waals surface area contributed by atoms with Crippen molar-refractivity contribution in [2.24, 2.45) is 0 Å². The zero-order valence-corrected chi connectivity index (χ0v) is 66.2. The second kappa shape index (κ2) is 25.9. The van der Waals surface area contributed by atoms with Gasteiger partial charge in [-0.15, -0.1) is 0 Å². The van der Waals surface area contributed by atoms with Crippen molar-refractivity contribution in [3.8, 4) is 80.9 Å². The molecule has 0 aliphatic rings. The minimum Gasteiger partial charge on any atom is -0.306 e. The number of para-hydroxylation sites is 14. The summed E-state index contributed by atoms with van der Waals surface area (Å²) in [5.41, 5.74) is 21.5. The molecule has 26 rings (SSSR count). The molecule has 12 heteroatoms. The van der Waals surface area contributed by atoms with E-state index in [2.05, 4.69) is 425 Å². The molecule has 0 aliphatic heterocycles. The first-order chi connectivity index (χ1) is 61.5. The van der Waals surface area contributed by atoms with E-state index in [1.807, 2.05) is 12.1 Å². The summed E-state index contributed by atoms with van der Waals surface area (Å²) in [6, 6.07) is 143. The van der Waals surface area contributed by atoms with Crippen LogP contribution >= 0.6 is 0 Å². The molecule has 0 saturated heterocycles. The molecule has 0 radical (unpaired) electrons. The van der Waals surface area contributed by atoms with Crippen LogP contribution in [0, 0.1) is 45.3 Å². The predicted octanol–water partition coefficient (Wildman–Crippen LogP) is 27.6. The first-order valence-corrected chi connectivity index (χ1v) is 41.6. The Morgan fingerprint density at radius 2 is 0.282 bits per heavy atom. The van der Waals surface area contributed by atoms with Crippen LogP contribution < -0.4 is 0 Å². The summed E-state index contributed by atoms with van der Waals surface area (Å²) in [6.07, 6.45) is 0. The number of aromatic nitrogens is 8. The van der Waals surface area contributed by atoms with Crippen molar-refractivity contribution < 1.29 is 0 Å². The lowest BCUT2D eigenvalue weighted by molar-refractivity contribution is 1.02. The summed E-state index contributed by atoms with van der Waals surface area (Å²) in [5, 5.41) is 68.0. The Morgan fingerprint density at radius 3 is 0.516 bits per heavy atom. The van der Waals surface area contributed by atoms with Gasteiger partial charge in [0.2, 0.25) is 0 Å². The van der Waals surface area contributed by atoms with Crippen LogP contribution in [0.2, 0.25) is 0 Å². The Kier molecular flexibility index (Phi) is 14.3. The van der Waals surface area contributed by atoms with E-state index < -0.39 is 0 Å². The second-order valence-electron chi connectivity index (χ2n) is 32.1. The molecule has 0 aliphatic carbocycles. The topological polar surface area (TPSA) is 135 Å². The van der Waals surface area contributed by atoms with Gasteiger partial charge in [0.1, 0.15) is 46.5 Å². The van der Waals surface area contributed by atoms with Gasteiger partial charge in [0, 0.05) is 86.2 Å². The van der Waals surface area contributed by atoms with E-state index in [0.717, 1.165) is 186 Å². The molecule has 0 fully saturated rings. The second-order valence-corrected chi connectivity index (χ2v) is 32.1. The van der Waals surface area contributed by atoms with Crippen LogP contribution in [0.3, 0.4) is 0 Å². The average Bonchev–Trinajstić information content (AvgIpc) is 1.48. The van der Waals surface area contributed by atoms with Crippen LogP contribution in [0.1, 0.15) is 22.3 Å². The SMILES string of the molecule is N#Cc1c(-n2c3ccccc3c3ccccc32)c(-n2c3ccccc3c3ccccc32)c(C#N)c(-n2c3ccccc3c3cc(-c4ccc5c6ccccc6n(-c6c(C#N)c(-n7c8ccccc8c8ccccc87)c(C#N)c(-n7c8ccccc8c8ccccc87)c6-n6c7ccccc7c7ccccc76)c5c4)ccc32)c1-n1c2ccccc2c2ccccc21. The Balaban J connectivity index is 0.804. The maximum Gasteiger partial charge on any atom is 0.104 e. The summed E-state index contributed by atoms with van der Waals surface area (Å²) in [5.74, 6) is 0. The van der Waals surface area contributed by atoms with E-state index in [-0.39, 0.29) is 0 Å². The molecule has 8 heterocycles. The first-order valence-electron chi connectivity index (χ1n) is 41.6. The Labute approximate surface area is 706 Å². The van der Waals surface area contributed by atoms with Crippen molar-refractivity contribution in [3.63, 3.8) is 0 Å². The molecule has 124 heavy (non-hydrogen) atoms. The Hall–Kier alpha value is -17.7. The molecule has 26 aromatic rings. The Morgan fingerprint density at radius 1 is 0.129 bits per heavy atom. The fourth-order valence-corrected chi connectivity index (χ4v) is 21.3. The van der Waals surface area contributed by atoms with Gasteiger partial charge in [0.15, 0.2) is 0 Å². The number of nitrogens with zero attached hydrogens (tertiary/aromatic N) is 12. The monoisotopic (exact) mass is 1570 g/mol. The van der Waals surface area contributed by atoms with E-state index in [4.69, 9.17) is 0 Å². The first kappa shape index (κ1) is 68.4. The third-order valence-electron chi connectivity index (χ3n) is 26.2. The van der Waals surface area contributed by atoms with E-state index >= 15 is 0 Å². The summed E-state index contributed by atoms with van der Waals surface area (Å²) in [4.78, 5) is 0. The lowest BCUT2D eigenvalue weighted by Crippen LogP contribution is -2.17. The average molecular weight is 1580 g/mol. The third-order valence-corrected chi connectivity index (χ3v) is 26.2. The number of benzene rings is 18. The normalized spacial score (nSPS) is 12.0. The maximum atomic E-state index is 13.2. The zero-order valence-electron chi connectivity index (χ0n) is 66.2. The van der Waals surface area contributed by atoms with Crippen LogP contribution in [0.15, 0.2) is 376 Å². The largest absolute Gasteiger partial charge is 0.306 e. The summed E-state index contributed by atoms with van der Waals surface area (Å²) < 4.78 is 18.1. The van der Waals surface area contributed by atoms with Crippen LogP contribution in [0.4, 0.5) is 0 Å². The van der Waals surface area contributed by atoms with Gasteiger partial charge in [-0.3, -0.25) is 0 Å². The highest BCUT2D eigenvalue weighted by Gasteiger charge is 2.38. The van der Waals surface area contributed by atoms with Gasteiger partial charge in [-0.1, -0.05) is 273 Å². The van der Waals surface area contributed by atoms with Crippen molar-refractivity contribution in [1.29, 1.82) is 21.0 Å². The van der Waals surface area contributed by atoms with Crippen LogP contribution in [-0.2, 0) is 0 Å². The molecule has 18 aromatic carbocycles. The standard InChI is InChI=1S/C112H62N12/c113-63-85-105(117-89-43-15-1-29-69(89)70-30-2-16-44-90(70)117)86(64-114)111(112(123-99-53-25-11-39-79(99)80-40-12-26-54-100(80)123)110(85)121-97-51-23-9-37-77(97)78-38-10-24-52-98(78)121)124-101-55-27-13-41-81(101)83-59-57-68(62-104(83)124)67-58-60-103-84(61-67)82-42-14-28-56-102(82)122(103)109-88(66-116)107(119-93-47-19-5-33-73(93)74-34-6-20-48-94(74)119)106(118-91-45-17-3-31-71(91)72-32-4-18-46-92(72)118)87(65-115)108(109)120-95-49-21-7-35-75(95)76-36-8-22-50-96(76)120/h1-62H. The zero-order chi connectivity index (χ0) is 81.8. The fourth-order valence-electron chi connectivity index (χ4n) is 21.3. The van der Waals surface area contributed by atoms with Crippen LogP contribution in [-0.4, -0.2) is 36.5 Å². The molecule has 0 unspecified atom stereocenters. The predicted molar refractivity (Wildman–Crippen MR) is 505 cm³/mol. The molecule has 12 nitrogen and oxygen atoms in total. The number of hydrogen-bond acceptors (Lipinski definition) is 4. The minimum absolute atomic E-state index is 0.299. The molecule has 0 atom stereocenters. The summed E-state index contributed by atoms with van der Waals surface area (Å²) in [6.45, 7) is 0. The van der Waals surface area contributed by atoms with Gasteiger partial charge in [0.25, 0.3) is 0 Å². The molecule has 8 aromatic heterocycles. The molecule has 0 saturated carbocycles. The molecule has 0 bridgehead atoms. The lowest BCUT2D eigenvalue weighted by Gasteiger charge is -2.27. The highest BCUT2D eigenvalue weighted by atomic mass is 15.1. The van der Waals surface area contributed by atoms with E-state index in [9.17, 15) is 21.0 Å².